The van der Waals surface area contributed by atoms with E-state index in [9.17, 15) is 14.0 Å². The molecule has 1 aromatic carbocycles. The molecule has 2 amide bonds. The molecule has 1 atom stereocenters. The third-order valence-electron chi connectivity index (χ3n) is 3.92. The fourth-order valence-electron chi connectivity index (χ4n) is 2.71. The number of nitrogens with zero attached hydrogens (tertiary/aromatic N) is 1. The summed E-state index contributed by atoms with van der Waals surface area (Å²) in [6, 6.07) is 9.33. The van der Waals surface area contributed by atoms with Gasteiger partial charge in [0.15, 0.2) is 0 Å². The van der Waals surface area contributed by atoms with Gasteiger partial charge in [-0.05, 0) is 48.6 Å². The number of nitrogens with one attached hydrogen (secondary N) is 1. The Morgan fingerprint density at radius 1 is 1.22 bits per heavy atom. The number of hydrogen-bond donors (Lipinski definition) is 1. The van der Waals surface area contributed by atoms with E-state index in [2.05, 4.69) is 5.32 Å². The molecular weight excluding hydrogens is 315 g/mol. The zero-order valence-corrected chi connectivity index (χ0v) is 13.3. The number of likely N-dealkylation sites (tertiary alicyclic amines) is 1. The van der Waals surface area contributed by atoms with Crippen LogP contribution in [0.15, 0.2) is 41.8 Å². The molecule has 120 valence electrons. The summed E-state index contributed by atoms with van der Waals surface area (Å²) >= 11 is 1.41. The number of anilines is 1. The number of carbonyl (C=O) groups excluding carboxylic acids is 2. The van der Waals surface area contributed by atoms with Gasteiger partial charge in [0.2, 0.25) is 5.91 Å². The first kappa shape index (κ1) is 15.7. The smallest absolute Gasteiger partial charge is 0.263 e. The predicted molar refractivity (Wildman–Crippen MR) is 88.0 cm³/mol. The number of benzene rings is 1. The molecule has 0 spiro atoms. The second-order valence-corrected chi connectivity index (χ2v) is 6.51. The Kier molecular flexibility index (Phi) is 4.71. The van der Waals surface area contributed by atoms with Crippen LogP contribution in [0.25, 0.3) is 0 Å². The molecule has 0 unspecified atom stereocenters. The Balaban J connectivity index is 1.62. The maximum Gasteiger partial charge on any atom is 0.263 e. The van der Waals surface area contributed by atoms with Gasteiger partial charge in [-0.3, -0.25) is 9.59 Å². The van der Waals surface area contributed by atoms with Crippen LogP contribution in [0, 0.1) is 11.7 Å². The number of piperidine rings is 1. The Bertz CT molecular complexity index is 685. The van der Waals surface area contributed by atoms with Crippen LogP contribution in [0.5, 0.6) is 0 Å². The molecule has 0 aliphatic carbocycles. The molecular formula is C17H17FN2O2S. The maximum atomic E-state index is 12.9. The summed E-state index contributed by atoms with van der Waals surface area (Å²) in [5, 5.41) is 4.66. The number of amides is 2. The van der Waals surface area contributed by atoms with Gasteiger partial charge in [-0.2, -0.15) is 0 Å². The lowest BCUT2D eigenvalue weighted by atomic mass is 9.97. The maximum absolute atomic E-state index is 12.9. The van der Waals surface area contributed by atoms with Gasteiger partial charge in [0.05, 0.1) is 10.8 Å². The Labute approximate surface area is 137 Å². The standard InChI is InChI=1S/C17H17FN2O2S/c18-13-5-7-14(8-6-13)19-16(21)12-3-1-9-20(11-12)17(22)15-4-2-10-23-15/h2,4-8,10,12H,1,3,9,11H2,(H,19,21)/t12-/m1/s1. The second-order valence-electron chi connectivity index (χ2n) is 5.56. The summed E-state index contributed by atoms with van der Waals surface area (Å²) in [6.45, 7) is 1.10. The highest BCUT2D eigenvalue weighted by molar-refractivity contribution is 7.12. The van der Waals surface area contributed by atoms with Crippen LogP contribution in [-0.2, 0) is 4.79 Å². The van der Waals surface area contributed by atoms with Gasteiger partial charge in [-0.25, -0.2) is 4.39 Å². The number of halogens is 1. The lowest BCUT2D eigenvalue weighted by Crippen LogP contribution is -2.43. The van der Waals surface area contributed by atoms with Crippen molar-refractivity contribution in [1.82, 2.24) is 4.90 Å². The van der Waals surface area contributed by atoms with Crippen LogP contribution in [0.1, 0.15) is 22.5 Å². The highest BCUT2D eigenvalue weighted by Crippen LogP contribution is 2.22. The zero-order chi connectivity index (χ0) is 16.2. The number of rotatable bonds is 3. The zero-order valence-electron chi connectivity index (χ0n) is 12.5. The SMILES string of the molecule is O=C(Nc1ccc(F)cc1)[C@@H]1CCCN(C(=O)c2cccs2)C1. The highest BCUT2D eigenvalue weighted by Gasteiger charge is 2.29. The van der Waals surface area contributed by atoms with Crippen molar-refractivity contribution in [3.05, 3.63) is 52.5 Å². The summed E-state index contributed by atoms with van der Waals surface area (Å²) in [6.07, 6.45) is 1.56. The largest absolute Gasteiger partial charge is 0.337 e. The van der Waals surface area contributed by atoms with E-state index < -0.39 is 0 Å². The van der Waals surface area contributed by atoms with Crippen LogP contribution in [0.2, 0.25) is 0 Å². The van der Waals surface area contributed by atoms with Gasteiger partial charge in [-0.15, -0.1) is 11.3 Å². The van der Waals surface area contributed by atoms with Crippen LogP contribution in [0.4, 0.5) is 10.1 Å². The summed E-state index contributed by atoms with van der Waals surface area (Å²) in [7, 11) is 0. The van der Waals surface area contributed by atoms with E-state index in [0.717, 1.165) is 12.8 Å². The van der Waals surface area contributed by atoms with Gasteiger partial charge in [0, 0.05) is 18.8 Å². The van der Waals surface area contributed by atoms with Gasteiger partial charge in [0.25, 0.3) is 5.91 Å². The van der Waals surface area contributed by atoms with Crippen molar-refractivity contribution in [2.24, 2.45) is 5.92 Å². The Morgan fingerprint density at radius 2 is 2.00 bits per heavy atom. The lowest BCUT2D eigenvalue weighted by molar-refractivity contribution is -0.121. The summed E-state index contributed by atoms with van der Waals surface area (Å²) in [4.78, 5) is 27.2. The normalized spacial score (nSPS) is 17.8. The van der Waals surface area contributed by atoms with E-state index in [1.807, 2.05) is 11.4 Å². The summed E-state index contributed by atoms with van der Waals surface area (Å²) in [5.41, 5.74) is 0.568. The molecule has 1 saturated heterocycles. The average molecular weight is 332 g/mol. The Hall–Kier alpha value is -2.21. The number of hydrogen-bond acceptors (Lipinski definition) is 3. The molecule has 1 aliphatic heterocycles. The molecule has 1 aromatic heterocycles. The third kappa shape index (κ3) is 3.76. The van der Waals surface area contributed by atoms with Gasteiger partial charge >= 0.3 is 0 Å². The molecule has 0 radical (unpaired) electrons. The van der Waals surface area contributed by atoms with Crippen LogP contribution in [0.3, 0.4) is 0 Å². The van der Waals surface area contributed by atoms with E-state index >= 15 is 0 Å². The minimum absolute atomic E-state index is 0.0146. The fraction of sp³-hybridized carbons (Fsp3) is 0.294. The topological polar surface area (TPSA) is 49.4 Å². The fourth-order valence-corrected chi connectivity index (χ4v) is 3.40. The first-order valence-electron chi connectivity index (χ1n) is 7.52. The van der Waals surface area contributed by atoms with Crippen LogP contribution in [-0.4, -0.2) is 29.8 Å². The molecule has 0 bridgehead atoms. The monoisotopic (exact) mass is 332 g/mol. The molecule has 0 saturated carbocycles. The third-order valence-corrected chi connectivity index (χ3v) is 4.78. The van der Waals surface area contributed by atoms with Crippen molar-refractivity contribution < 1.29 is 14.0 Å². The molecule has 1 aliphatic rings. The van der Waals surface area contributed by atoms with Crippen molar-refractivity contribution in [3.8, 4) is 0 Å². The van der Waals surface area contributed by atoms with Crippen LogP contribution >= 0.6 is 11.3 Å². The first-order valence-corrected chi connectivity index (χ1v) is 8.40. The van der Waals surface area contributed by atoms with Crippen LogP contribution < -0.4 is 5.32 Å². The number of thiophene rings is 1. The quantitative estimate of drug-likeness (QED) is 0.937. The van der Waals surface area contributed by atoms with Crippen molar-refractivity contribution in [2.75, 3.05) is 18.4 Å². The van der Waals surface area contributed by atoms with Crippen molar-refractivity contribution in [2.45, 2.75) is 12.8 Å². The minimum atomic E-state index is -0.339. The van der Waals surface area contributed by atoms with E-state index in [-0.39, 0.29) is 23.5 Å². The molecule has 1 fully saturated rings. The molecule has 3 rings (SSSR count). The van der Waals surface area contributed by atoms with Gasteiger partial charge in [0.1, 0.15) is 5.82 Å². The molecule has 2 aromatic rings. The average Bonchev–Trinajstić information content (AvgIpc) is 3.11. The minimum Gasteiger partial charge on any atom is -0.337 e. The van der Waals surface area contributed by atoms with Crippen molar-refractivity contribution in [1.29, 1.82) is 0 Å². The predicted octanol–water partition coefficient (Wildman–Crippen LogP) is 3.38. The molecule has 1 N–H and O–H groups in total. The number of carbonyl (C=O) groups is 2. The second kappa shape index (κ2) is 6.91. The van der Waals surface area contributed by atoms with E-state index in [0.29, 0.717) is 23.7 Å². The summed E-state index contributed by atoms with van der Waals surface area (Å²) < 4.78 is 12.9. The Morgan fingerprint density at radius 3 is 2.70 bits per heavy atom. The van der Waals surface area contributed by atoms with E-state index in [4.69, 9.17) is 0 Å². The molecule has 4 nitrogen and oxygen atoms in total. The lowest BCUT2D eigenvalue weighted by Gasteiger charge is -2.31. The van der Waals surface area contributed by atoms with Crippen molar-refractivity contribution in [3.63, 3.8) is 0 Å². The molecule has 2 heterocycles. The first-order chi connectivity index (χ1) is 11.1. The summed E-state index contributed by atoms with van der Waals surface area (Å²) in [5.74, 6) is -0.717. The molecule has 6 heteroatoms. The van der Waals surface area contributed by atoms with E-state index in [1.165, 1.54) is 35.6 Å². The van der Waals surface area contributed by atoms with Crippen molar-refractivity contribution >= 4 is 28.8 Å². The highest BCUT2D eigenvalue weighted by atomic mass is 32.1. The van der Waals surface area contributed by atoms with Gasteiger partial charge in [-0.1, -0.05) is 6.07 Å². The molecule has 23 heavy (non-hydrogen) atoms. The van der Waals surface area contributed by atoms with Gasteiger partial charge < -0.3 is 10.2 Å². The van der Waals surface area contributed by atoms with E-state index in [1.54, 1.807) is 11.0 Å².